The van der Waals surface area contributed by atoms with E-state index in [0.29, 0.717) is 5.56 Å². The summed E-state index contributed by atoms with van der Waals surface area (Å²) < 4.78 is 1.53. The van der Waals surface area contributed by atoms with Gasteiger partial charge in [0.2, 0.25) is 5.91 Å². The molecule has 29 heavy (non-hydrogen) atoms. The maximum absolute atomic E-state index is 12.9. The van der Waals surface area contributed by atoms with Crippen molar-refractivity contribution in [3.63, 3.8) is 0 Å². The van der Waals surface area contributed by atoms with E-state index in [1.165, 1.54) is 42.3 Å². The van der Waals surface area contributed by atoms with Crippen molar-refractivity contribution in [2.75, 3.05) is 5.32 Å². The van der Waals surface area contributed by atoms with Crippen LogP contribution < -0.4 is 5.32 Å². The average molecular weight is 396 g/mol. The first-order valence-corrected chi connectivity index (χ1v) is 11.0. The van der Waals surface area contributed by atoms with Crippen LogP contribution in [-0.4, -0.2) is 21.6 Å². The zero-order chi connectivity index (χ0) is 20.8. The molecule has 3 rings (SSSR count). The minimum atomic E-state index is -0.125. The summed E-state index contributed by atoms with van der Waals surface area (Å²) in [5.41, 5.74) is 4.38. The second kappa shape index (κ2) is 9.86. The number of aryl methyl sites for hydroxylation is 1. The smallest absolute Gasteiger partial charge is 0.278 e. The lowest BCUT2D eigenvalue weighted by Gasteiger charge is -2.07. The van der Waals surface area contributed by atoms with Crippen molar-refractivity contribution in [3.05, 3.63) is 46.8 Å². The Bertz CT molecular complexity index is 848. The van der Waals surface area contributed by atoms with Gasteiger partial charge in [0, 0.05) is 22.9 Å². The van der Waals surface area contributed by atoms with Gasteiger partial charge in [0.25, 0.3) is 5.91 Å². The zero-order valence-electron chi connectivity index (χ0n) is 18.0. The van der Waals surface area contributed by atoms with Gasteiger partial charge < -0.3 is 5.32 Å². The molecule has 0 unspecified atom stereocenters. The first-order chi connectivity index (χ1) is 14.0. The van der Waals surface area contributed by atoms with Gasteiger partial charge in [0.15, 0.2) is 0 Å². The second-order valence-corrected chi connectivity index (χ2v) is 8.22. The normalized spacial score (nSPS) is 13.5. The molecule has 1 amide bonds. The van der Waals surface area contributed by atoms with Gasteiger partial charge in [0.1, 0.15) is 0 Å². The number of carbonyl (C=O) groups is 2. The lowest BCUT2D eigenvalue weighted by Crippen LogP contribution is -2.16. The van der Waals surface area contributed by atoms with Crippen LogP contribution in [0.25, 0.3) is 0 Å². The van der Waals surface area contributed by atoms with Crippen LogP contribution in [-0.2, 0) is 11.2 Å². The topological polar surface area (TPSA) is 64.0 Å². The van der Waals surface area contributed by atoms with E-state index >= 15 is 0 Å². The molecule has 1 aliphatic carbocycles. The molecule has 0 spiro atoms. The van der Waals surface area contributed by atoms with E-state index in [-0.39, 0.29) is 17.7 Å². The SMILES string of the molecule is CCCCCCCCc1c(C)nn(C(=O)c2ccc(NC(=O)C3CC3)cc2)c1C. The van der Waals surface area contributed by atoms with E-state index in [0.717, 1.165) is 42.8 Å². The molecule has 5 nitrogen and oxygen atoms in total. The molecule has 1 heterocycles. The Morgan fingerprint density at radius 1 is 1.03 bits per heavy atom. The van der Waals surface area contributed by atoms with Crippen LogP contribution in [0.4, 0.5) is 5.69 Å². The Morgan fingerprint density at radius 3 is 2.34 bits per heavy atom. The van der Waals surface area contributed by atoms with Crippen molar-refractivity contribution in [1.29, 1.82) is 0 Å². The molecule has 0 radical (unpaired) electrons. The average Bonchev–Trinajstić information content (AvgIpc) is 3.52. The van der Waals surface area contributed by atoms with E-state index in [1.54, 1.807) is 24.3 Å². The molecule has 0 bridgehead atoms. The van der Waals surface area contributed by atoms with Crippen molar-refractivity contribution in [3.8, 4) is 0 Å². The molecule has 2 aromatic rings. The Hall–Kier alpha value is -2.43. The van der Waals surface area contributed by atoms with Crippen LogP contribution in [0.5, 0.6) is 0 Å². The molecule has 0 atom stereocenters. The number of nitrogens with one attached hydrogen (secondary N) is 1. The number of carbonyl (C=O) groups excluding carboxylic acids is 2. The summed E-state index contributed by atoms with van der Waals surface area (Å²) in [4.78, 5) is 24.8. The highest BCUT2D eigenvalue weighted by Crippen LogP contribution is 2.30. The summed E-state index contributed by atoms with van der Waals surface area (Å²) in [6, 6.07) is 7.09. The highest BCUT2D eigenvalue weighted by molar-refractivity contribution is 5.97. The number of benzene rings is 1. The summed E-state index contributed by atoms with van der Waals surface area (Å²) >= 11 is 0. The largest absolute Gasteiger partial charge is 0.326 e. The van der Waals surface area contributed by atoms with Crippen LogP contribution in [0.15, 0.2) is 24.3 Å². The lowest BCUT2D eigenvalue weighted by molar-refractivity contribution is -0.117. The number of hydrogen-bond acceptors (Lipinski definition) is 3. The second-order valence-electron chi connectivity index (χ2n) is 8.22. The summed E-state index contributed by atoms with van der Waals surface area (Å²) in [7, 11) is 0. The summed E-state index contributed by atoms with van der Waals surface area (Å²) in [5, 5.41) is 7.42. The molecule has 1 N–H and O–H groups in total. The monoisotopic (exact) mass is 395 g/mol. The molecule has 1 aromatic heterocycles. The molecule has 0 saturated heterocycles. The summed E-state index contributed by atoms with van der Waals surface area (Å²) in [6.07, 6.45) is 10.5. The molecular weight excluding hydrogens is 362 g/mol. The molecule has 1 saturated carbocycles. The molecule has 5 heteroatoms. The minimum absolute atomic E-state index is 0.0713. The van der Waals surface area contributed by atoms with Crippen LogP contribution in [0.2, 0.25) is 0 Å². The van der Waals surface area contributed by atoms with Gasteiger partial charge in [-0.3, -0.25) is 9.59 Å². The van der Waals surface area contributed by atoms with E-state index in [2.05, 4.69) is 17.3 Å². The van der Waals surface area contributed by atoms with Crippen molar-refractivity contribution in [2.45, 2.75) is 78.6 Å². The van der Waals surface area contributed by atoms with E-state index in [4.69, 9.17) is 0 Å². The number of hydrogen-bond donors (Lipinski definition) is 1. The van der Waals surface area contributed by atoms with Gasteiger partial charge in [-0.2, -0.15) is 5.10 Å². The Balaban J connectivity index is 1.60. The third-order valence-corrected chi connectivity index (χ3v) is 5.76. The highest BCUT2D eigenvalue weighted by atomic mass is 16.2. The third kappa shape index (κ3) is 5.55. The predicted octanol–water partition coefficient (Wildman–Crippen LogP) is 5.44. The van der Waals surface area contributed by atoms with Gasteiger partial charge in [-0.25, -0.2) is 4.68 Å². The van der Waals surface area contributed by atoms with Crippen molar-refractivity contribution in [1.82, 2.24) is 9.78 Å². The van der Waals surface area contributed by atoms with Gasteiger partial charge >= 0.3 is 0 Å². The van der Waals surface area contributed by atoms with Crippen LogP contribution in [0, 0.1) is 19.8 Å². The van der Waals surface area contributed by atoms with Crippen LogP contribution in [0.3, 0.4) is 0 Å². The molecular formula is C24H33N3O2. The number of aromatic nitrogens is 2. The Kier molecular flexibility index (Phi) is 7.24. The number of unbranched alkanes of at least 4 members (excludes halogenated alkanes) is 5. The van der Waals surface area contributed by atoms with Gasteiger partial charge in [-0.15, -0.1) is 0 Å². The van der Waals surface area contributed by atoms with Crippen molar-refractivity contribution in [2.24, 2.45) is 5.92 Å². The Morgan fingerprint density at radius 2 is 1.69 bits per heavy atom. The van der Waals surface area contributed by atoms with Gasteiger partial charge in [0.05, 0.1) is 5.69 Å². The summed E-state index contributed by atoms with van der Waals surface area (Å²) in [6.45, 7) is 6.20. The molecule has 156 valence electrons. The molecule has 1 aromatic carbocycles. The van der Waals surface area contributed by atoms with Crippen molar-refractivity contribution < 1.29 is 9.59 Å². The fourth-order valence-corrected chi connectivity index (χ4v) is 3.72. The number of rotatable bonds is 10. The number of anilines is 1. The van der Waals surface area contributed by atoms with E-state index in [1.807, 2.05) is 13.8 Å². The Labute approximate surface area is 173 Å². The fraction of sp³-hybridized carbons (Fsp3) is 0.542. The molecule has 0 aliphatic heterocycles. The molecule has 1 fully saturated rings. The maximum atomic E-state index is 12.9. The number of nitrogens with zero attached hydrogens (tertiary/aromatic N) is 2. The van der Waals surface area contributed by atoms with Crippen LogP contribution in [0.1, 0.15) is 85.6 Å². The first kappa shape index (κ1) is 21.3. The quantitative estimate of drug-likeness (QED) is 0.545. The van der Waals surface area contributed by atoms with E-state index in [9.17, 15) is 9.59 Å². The van der Waals surface area contributed by atoms with Crippen molar-refractivity contribution >= 4 is 17.5 Å². The molecule has 1 aliphatic rings. The zero-order valence-corrected chi connectivity index (χ0v) is 18.0. The van der Waals surface area contributed by atoms with Gasteiger partial charge in [-0.05, 0) is 69.4 Å². The predicted molar refractivity (Wildman–Crippen MR) is 116 cm³/mol. The first-order valence-electron chi connectivity index (χ1n) is 11.0. The highest BCUT2D eigenvalue weighted by Gasteiger charge is 2.29. The maximum Gasteiger partial charge on any atom is 0.278 e. The van der Waals surface area contributed by atoms with Crippen LogP contribution >= 0.6 is 0 Å². The van der Waals surface area contributed by atoms with E-state index < -0.39 is 0 Å². The lowest BCUT2D eigenvalue weighted by atomic mass is 10.0. The summed E-state index contributed by atoms with van der Waals surface area (Å²) in [5.74, 6) is 0.109. The number of amides is 1. The third-order valence-electron chi connectivity index (χ3n) is 5.76. The fourth-order valence-electron chi connectivity index (χ4n) is 3.72. The van der Waals surface area contributed by atoms with Gasteiger partial charge in [-0.1, -0.05) is 39.0 Å². The standard InChI is InChI=1S/C24H33N3O2/c1-4-5-6-7-8-9-10-22-17(2)26-27(18(22)3)24(29)20-13-15-21(16-14-20)25-23(28)19-11-12-19/h13-16,19H,4-12H2,1-3H3,(H,25,28). The minimum Gasteiger partial charge on any atom is -0.326 e.